The maximum Gasteiger partial charge on any atom is 0.243 e. The maximum absolute atomic E-state index is 12.0. The Morgan fingerprint density at radius 2 is 1.83 bits per heavy atom. The van der Waals surface area contributed by atoms with Crippen molar-refractivity contribution >= 4 is 20.0 Å². The summed E-state index contributed by atoms with van der Waals surface area (Å²) in [7, 11) is -6.46. The lowest BCUT2D eigenvalue weighted by Crippen LogP contribution is -2.27. The molecule has 0 amide bonds. The highest BCUT2D eigenvalue weighted by Crippen LogP contribution is 2.17. The van der Waals surface area contributed by atoms with Crippen LogP contribution < -0.4 is 5.14 Å². The van der Waals surface area contributed by atoms with Gasteiger partial charge in [0.15, 0.2) is 0 Å². The van der Waals surface area contributed by atoms with Crippen LogP contribution in [0.1, 0.15) is 0 Å². The molecule has 0 atom stereocenters. The van der Waals surface area contributed by atoms with Crippen LogP contribution in [0.3, 0.4) is 0 Å². The number of benzene rings is 1. The molecule has 6 nitrogen and oxygen atoms in total. The molecule has 0 aliphatic heterocycles. The van der Waals surface area contributed by atoms with Crippen LogP contribution in [0.2, 0.25) is 0 Å². The van der Waals surface area contributed by atoms with Crippen molar-refractivity contribution < 1.29 is 16.8 Å². The van der Waals surface area contributed by atoms with Gasteiger partial charge < -0.3 is 0 Å². The van der Waals surface area contributed by atoms with E-state index in [1.807, 2.05) is 0 Å². The van der Waals surface area contributed by atoms with Crippen LogP contribution in [0, 0.1) is 12.3 Å². The van der Waals surface area contributed by atoms with E-state index in [0.29, 0.717) is 0 Å². The molecule has 0 aliphatic carbocycles. The lowest BCUT2D eigenvalue weighted by atomic mass is 10.4. The van der Waals surface area contributed by atoms with Gasteiger partial charge in [0.25, 0.3) is 0 Å². The molecule has 8 heteroatoms. The van der Waals surface area contributed by atoms with Crippen LogP contribution in [0.4, 0.5) is 0 Å². The molecule has 98 valence electrons. The van der Waals surface area contributed by atoms with E-state index < -0.39 is 20.0 Å². The van der Waals surface area contributed by atoms with Gasteiger partial charge >= 0.3 is 0 Å². The SMILES string of the molecule is C#CCN(C)S(=O)(=O)c1cccc(S(N)(=O)=O)c1. The molecule has 0 aliphatic rings. The predicted octanol–water partition coefficient (Wildman–Crippen LogP) is -0.412. The Balaban J connectivity index is 3.32. The van der Waals surface area contributed by atoms with Gasteiger partial charge in [-0.3, -0.25) is 0 Å². The van der Waals surface area contributed by atoms with Crippen LogP contribution in [0.15, 0.2) is 34.1 Å². The Hall–Kier alpha value is -1.40. The van der Waals surface area contributed by atoms with Gasteiger partial charge in [0.2, 0.25) is 20.0 Å². The normalized spacial score (nSPS) is 12.3. The summed E-state index contributed by atoms with van der Waals surface area (Å²) in [6.45, 7) is -0.109. The number of hydrogen-bond acceptors (Lipinski definition) is 4. The molecule has 0 saturated heterocycles. The Kier molecular flexibility index (Phi) is 4.13. The van der Waals surface area contributed by atoms with E-state index in [4.69, 9.17) is 11.6 Å². The second-order valence-corrected chi connectivity index (χ2v) is 7.09. The molecule has 0 unspecified atom stereocenters. The summed E-state index contributed by atoms with van der Waals surface area (Å²) >= 11 is 0. The van der Waals surface area contributed by atoms with Crippen molar-refractivity contribution in [2.75, 3.05) is 13.6 Å². The highest BCUT2D eigenvalue weighted by atomic mass is 32.2. The van der Waals surface area contributed by atoms with Crippen LogP contribution in [0.25, 0.3) is 0 Å². The predicted molar refractivity (Wildman–Crippen MR) is 66.5 cm³/mol. The molecule has 18 heavy (non-hydrogen) atoms. The number of nitrogens with two attached hydrogens (primary N) is 1. The molecule has 0 saturated carbocycles. The summed E-state index contributed by atoms with van der Waals surface area (Å²) in [4.78, 5) is -0.440. The molecule has 0 radical (unpaired) electrons. The van der Waals surface area contributed by atoms with Gasteiger partial charge in [-0.2, -0.15) is 4.31 Å². The molecule has 1 aromatic carbocycles. The molecule has 0 aromatic heterocycles. The van der Waals surface area contributed by atoms with Gasteiger partial charge in [-0.05, 0) is 18.2 Å². The number of primary sulfonamides is 1. The number of hydrogen-bond donors (Lipinski definition) is 1. The highest BCUT2D eigenvalue weighted by molar-refractivity contribution is 7.90. The van der Waals surface area contributed by atoms with Gasteiger partial charge in [0, 0.05) is 7.05 Å². The Labute approximate surface area is 107 Å². The molecule has 1 aromatic rings. The third-order valence-electron chi connectivity index (χ3n) is 2.16. The molecule has 1 rings (SSSR count). The number of nitrogens with zero attached hydrogens (tertiary/aromatic N) is 1. The first-order chi connectivity index (χ1) is 8.19. The topological polar surface area (TPSA) is 97.5 Å². The number of rotatable bonds is 4. The number of terminal acetylenes is 1. The monoisotopic (exact) mass is 288 g/mol. The van der Waals surface area contributed by atoms with Crippen LogP contribution in [-0.2, 0) is 20.0 Å². The maximum atomic E-state index is 12.0. The minimum Gasteiger partial charge on any atom is -0.225 e. The second kappa shape index (κ2) is 5.07. The van der Waals surface area contributed by atoms with E-state index in [1.165, 1.54) is 25.2 Å². The van der Waals surface area contributed by atoms with Gasteiger partial charge in [0.05, 0.1) is 16.3 Å². The number of sulfonamides is 2. The van der Waals surface area contributed by atoms with Crippen molar-refractivity contribution in [2.24, 2.45) is 5.14 Å². The minimum atomic E-state index is -3.95. The molecule has 2 N–H and O–H groups in total. The van der Waals surface area contributed by atoms with Crippen LogP contribution in [0.5, 0.6) is 0 Å². The lowest BCUT2D eigenvalue weighted by molar-refractivity contribution is 0.503. The van der Waals surface area contributed by atoms with Gasteiger partial charge in [-0.25, -0.2) is 22.0 Å². The minimum absolute atomic E-state index is 0.109. The Morgan fingerprint density at radius 3 is 2.33 bits per heavy atom. The van der Waals surface area contributed by atoms with Crippen molar-refractivity contribution in [2.45, 2.75) is 9.79 Å². The smallest absolute Gasteiger partial charge is 0.225 e. The summed E-state index contributed by atoms with van der Waals surface area (Å²) in [5.41, 5.74) is 0. The largest absolute Gasteiger partial charge is 0.243 e. The average Bonchev–Trinajstić information content (AvgIpc) is 2.28. The third-order valence-corrected chi connectivity index (χ3v) is 4.87. The van der Waals surface area contributed by atoms with Crippen LogP contribution >= 0.6 is 0 Å². The molecule has 0 fully saturated rings. The van der Waals surface area contributed by atoms with Gasteiger partial charge in [0.1, 0.15) is 0 Å². The van der Waals surface area contributed by atoms with Crippen molar-refractivity contribution in [1.29, 1.82) is 0 Å². The second-order valence-electron chi connectivity index (χ2n) is 3.49. The zero-order chi connectivity index (χ0) is 14.0. The Morgan fingerprint density at radius 1 is 1.28 bits per heavy atom. The van der Waals surface area contributed by atoms with Crippen molar-refractivity contribution in [1.82, 2.24) is 4.31 Å². The van der Waals surface area contributed by atoms with E-state index in [2.05, 4.69) is 5.92 Å². The molecular formula is C10H12N2O4S2. The van der Waals surface area contributed by atoms with E-state index in [9.17, 15) is 16.8 Å². The Bertz CT molecular complexity index is 687. The quantitative estimate of drug-likeness (QED) is 0.761. The average molecular weight is 288 g/mol. The van der Waals surface area contributed by atoms with Gasteiger partial charge in [-0.1, -0.05) is 12.0 Å². The zero-order valence-corrected chi connectivity index (χ0v) is 11.2. The zero-order valence-electron chi connectivity index (χ0n) is 9.57. The summed E-state index contributed by atoms with van der Waals surface area (Å²) in [6, 6.07) is 4.79. The standard InChI is InChI=1S/C10H12N2O4S2/c1-3-7-12(2)18(15,16)10-6-4-5-9(8-10)17(11,13)14/h1,4-6,8H,7H2,2H3,(H2,11,13,14). The molecule has 0 heterocycles. The van der Waals surface area contributed by atoms with Crippen molar-refractivity contribution in [3.05, 3.63) is 24.3 Å². The lowest BCUT2D eigenvalue weighted by Gasteiger charge is -2.14. The summed E-state index contributed by atoms with van der Waals surface area (Å²) < 4.78 is 47.2. The fourth-order valence-electron chi connectivity index (χ4n) is 1.21. The fourth-order valence-corrected chi connectivity index (χ4v) is 2.97. The first-order valence-corrected chi connectivity index (χ1v) is 7.71. The fraction of sp³-hybridized carbons (Fsp3) is 0.200. The molecular weight excluding hydrogens is 276 g/mol. The third kappa shape index (κ3) is 3.08. The molecule has 0 bridgehead atoms. The first kappa shape index (κ1) is 14.7. The first-order valence-electron chi connectivity index (χ1n) is 4.72. The summed E-state index contributed by atoms with van der Waals surface area (Å²) in [5.74, 6) is 2.19. The van der Waals surface area contributed by atoms with E-state index in [1.54, 1.807) is 0 Å². The van der Waals surface area contributed by atoms with Crippen molar-refractivity contribution in [3.63, 3.8) is 0 Å². The summed E-state index contributed by atoms with van der Waals surface area (Å²) in [6.07, 6.45) is 5.03. The highest BCUT2D eigenvalue weighted by Gasteiger charge is 2.21. The molecule has 0 spiro atoms. The van der Waals surface area contributed by atoms with Gasteiger partial charge in [-0.15, -0.1) is 6.42 Å². The summed E-state index contributed by atoms with van der Waals surface area (Å²) in [5, 5.41) is 4.94. The van der Waals surface area contributed by atoms with Crippen molar-refractivity contribution in [3.8, 4) is 12.3 Å². The van der Waals surface area contributed by atoms with E-state index in [0.717, 1.165) is 10.4 Å². The van der Waals surface area contributed by atoms with E-state index >= 15 is 0 Å². The van der Waals surface area contributed by atoms with Crippen LogP contribution in [-0.4, -0.2) is 34.7 Å². The van der Waals surface area contributed by atoms with E-state index in [-0.39, 0.29) is 16.3 Å².